The SMILES string of the molecule is CC(C)CN1CCOC(CNC(=O)CSc2nnc(Cc3cccs3)n2C2CCCCC2)C1. The summed E-state index contributed by atoms with van der Waals surface area (Å²) in [7, 11) is 0. The summed E-state index contributed by atoms with van der Waals surface area (Å²) in [5.74, 6) is 2.04. The molecule has 33 heavy (non-hydrogen) atoms. The van der Waals surface area contributed by atoms with Gasteiger partial charge in [0.15, 0.2) is 5.16 Å². The molecule has 3 heterocycles. The number of thiophene rings is 1. The van der Waals surface area contributed by atoms with Crippen molar-refractivity contribution in [1.29, 1.82) is 0 Å². The highest BCUT2D eigenvalue weighted by molar-refractivity contribution is 7.99. The molecule has 4 rings (SSSR count). The summed E-state index contributed by atoms with van der Waals surface area (Å²) in [5.41, 5.74) is 0. The predicted octanol–water partition coefficient (Wildman–Crippen LogP) is 4.00. The zero-order chi connectivity index (χ0) is 23.0. The van der Waals surface area contributed by atoms with Gasteiger partial charge in [-0.1, -0.05) is 50.9 Å². The second-order valence-electron chi connectivity index (χ2n) is 9.56. The lowest BCUT2D eigenvalue weighted by atomic mass is 9.95. The van der Waals surface area contributed by atoms with Crippen LogP contribution in [-0.2, 0) is 16.0 Å². The van der Waals surface area contributed by atoms with E-state index in [1.54, 1.807) is 11.3 Å². The highest BCUT2D eigenvalue weighted by Crippen LogP contribution is 2.33. The van der Waals surface area contributed by atoms with Crippen LogP contribution in [0.3, 0.4) is 0 Å². The minimum Gasteiger partial charge on any atom is -0.374 e. The fourth-order valence-electron chi connectivity index (χ4n) is 4.80. The van der Waals surface area contributed by atoms with Gasteiger partial charge in [-0.15, -0.1) is 21.5 Å². The van der Waals surface area contributed by atoms with E-state index >= 15 is 0 Å². The first-order chi connectivity index (χ1) is 16.1. The van der Waals surface area contributed by atoms with E-state index in [4.69, 9.17) is 4.74 Å². The first-order valence-corrected chi connectivity index (χ1v) is 14.1. The third-order valence-electron chi connectivity index (χ3n) is 6.29. The highest BCUT2D eigenvalue weighted by Gasteiger charge is 2.25. The summed E-state index contributed by atoms with van der Waals surface area (Å²) in [4.78, 5) is 16.3. The minimum absolute atomic E-state index is 0.0302. The lowest BCUT2D eigenvalue weighted by Crippen LogP contribution is -2.48. The van der Waals surface area contributed by atoms with Crippen LogP contribution in [0.15, 0.2) is 22.7 Å². The molecule has 1 aliphatic heterocycles. The molecule has 2 aromatic heterocycles. The molecule has 2 aromatic rings. The Morgan fingerprint density at radius 3 is 2.91 bits per heavy atom. The van der Waals surface area contributed by atoms with Crippen LogP contribution in [0.1, 0.15) is 62.7 Å². The fourth-order valence-corrected chi connectivity index (χ4v) is 6.35. The molecular weight excluding hydrogens is 454 g/mol. The van der Waals surface area contributed by atoms with E-state index in [1.165, 1.54) is 48.7 Å². The van der Waals surface area contributed by atoms with Crippen LogP contribution in [0.5, 0.6) is 0 Å². The molecule has 1 atom stereocenters. The summed E-state index contributed by atoms with van der Waals surface area (Å²) in [6, 6.07) is 4.68. The van der Waals surface area contributed by atoms with Crippen molar-refractivity contribution in [3.63, 3.8) is 0 Å². The Balaban J connectivity index is 1.31. The summed E-state index contributed by atoms with van der Waals surface area (Å²) in [6.07, 6.45) is 7.01. The van der Waals surface area contributed by atoms with Gasteiger partial charge in [-0.3, -0.25) is 9.69 Å². The van der Waals surface area contributed by atoms with E-state index < -0.39 is 0 Å². The van der Waals surface area contributed by atoms with Gasteiger partial charge in [0.1, 0.15) is 5.82 Å². The van der Waals surface area contributed by atoms with Crippen LogP contribution in [-0.4, -0.2) is 70.2 Å². The number of carbonyl (C=O) groups excluding carboxylic acids is 1. The average molecular weight is 492 g/mol. The van der Waals surface area contributed by atoms with Crippen LogP contribution in [0, 0.1) is 5.92 Å². The first kappa shape index (κ1) is 24.7. The molecule has 2 fully saturated rings. The maximum atomic E-state index is 12.6. The van der Waals surface area contributed by atoms with E-state index in [1.807, 2.05) is 0 Å². The highest BCUT2D eigenvalue weighted by atomic mass is 32.2. The third-order valence-corrected chi connectivity index (χ3v) is 8.11. The Morgan fingerprint density at radius 2 is 2.15 bits per heavy atom. The molecule has 0 radical (unpaired) electrons. The van der Waals surface area contributed by atoms with Gasteiger partial charge in [0.25, 0.3) is 0 Å². The number of morpholine rings is 1. The molecule has 1 N–H and O–H groups in total. The van der Waals surface area contributed by atoms with Gasteiger partial charge in [0.2, 0.25) is 5.91 Å². The molecule has 182 valence electrons. The molecule has 9 heteroatoms. The summed E-state index contributed by atoms with van der Waals surface area (Å²) in [6.45, 7) is 8.71. The van der Waals surface area contributed by atoms with Gasteiger partial charge in [0.05, 0.1) is 18.5 Å². The lowest BCUT2D eigenvalue weighted by Gasteiger charge is -2.33. The zero-order valence-corrected chi connectivity index (χ0v) is 21.5. The molecule has 1 amide bonds. The van der Waals surface area contributed by atoms with Gasteiger partial charge in [-0.25, -0.2) is 0 Å². The van der Waals surface area contributed by atoms with Crippen molar-refractivity contribution in [3.8, 4) is 0 Å². The smallest absolute Gasteiger partial charge is 0.230 e. The quantitative estimate of drug-likeness (QED) is 0.507. The summed E-state index contributed by atoms with van der Waals surface area (Å²) in [5, 5.41) is 15.1. The Bertz CT molecular complexity index is 864. The number of hydrogen-bond acceptors (Lipinski definition) is 7. The van der Waals surface area contributed by atoms with E-state index in [-0.39, 0.29) is 12.0 Å². The van der Waals surface area contributed by atoms with Gasteiger partial charge in [-0.2, -0.15) is 0 Å². The standard InChI is InChI=1S/C24H37N5O2S2/c1-18(2)15-28-10-11-31-20(16-28)14-25-23(30)17-33-24-27-26-22(13-21-9-6-12-32-21)29(24)19-7-4-3-5-8-19/h6,9,12,18-20H,3-5,7-8,10-11,13-17H2,1-2H3,(H,25,30). The average Bonchev–Trinajstić information content (AvgIpc) is 3.47. The van der Waals surface area contributed by atoms with Crippen molar-refractivity contribution in [3.05, 3.63) is 28.2 Å². The summed E-state index contributed by atoms with van der Waals surface area (Å²) >= 11 is 3.26. The molecule has 7 nitrogen and oxygen atoms in total. The maximum absolute atomic E-state index is 12.6. The van der Waals surface area contributed by atoms with Crippen molar-refractivity contribution < 1.29 is 9.53 Å². The molecule has 1 saturated carbocycles. The molecular formula is C24H37N5O2S2. The monoisotopic (exact) mass is 491 g/mol. The normalized spacial score (nSPS) is 20.4. The number of hydrogen-bond donors (Lipinski definition) is 1. The van der Waals surface area contributed by atoms with Crippen LogP contribution in [0.4, 0.5) is 0 Å². The third kappa shape index (κ3) is 7.28. The molecule has 0 spiro atoms. The number of aromatic nitrogens is 3. The number of amides is 1. The van der Waals surface area contributed by atoms with Crippen LogP contribution < -0.4 is 5.32 Å². The van der Waals surface area contributed by atoms with Gasteiger partial charge >= 0.3 is 0 Å². The van der Waals surface area contributed by atoms with Gasteiger partial charge in [0, 0.05) is 43.5 Å². The fraction of sp³-hybridized carbons (Fsp3) is 0.708. The van der Waals surface area contributed by atoms with E-state index in [0.717, 1.165) is 43.6 Å². The predicted molar refractivity (Wildman–Crippen MR) is 134 cm³/mol. The molecule has 0 bridgehead atoms. The van der Waals surface area contributed by atoms with Crippen molar-refractivity contribution in [2.45, 2.75) is 69.7 Å². The van der Waals surface area contributed by atoms with Crippen LogP contribution in [0.2, 0.25) is 0 Å². The topological polar surface area (TPSA) is 72.3 Å². The van der Waals surface area contributed by atoms with E-state index in [0.29, 0.717) is 24.3 Å². The lowest BCUT2D eigenvalue weighted by molar-refractivity contribution is -0.119. The second-order valence-corrected chi connectivity index (χ2v) is 11.5. The molecule has 1 unspecified atom stereocenters. The van der Waals surface area contributed by atoms with Crippen molar-refractivity contribution in [2.75, 3.05) is 38.5 Å². The maximum Gasteiger partial charge on any atom is 0.230 e. The van der Waals surface area contributed by atoms with Crippen LogP contribution in [0.25, 0.3) is 0 Å². The molecule has 2 aliphatic rings. The Labute approximate surface area is 205 Å². The Kier molecular flexibility index (Phi) is 9.23. The van der Waals surface area contributed by atoms with E-state index in [2.05, 4.69) is 56.3 Å². The largest absolute Gasteiger partial charge is 0.374 e. The molecule has 0 aromatic carbocycles. The number of rotatable bonds is 10. The number of ether oxygens (including phenoxy) is 1. The Hall–Kier alpha value is -1.42. The first-order valence-electron chi connectivity index (χ1n) is 12.3. The zero-order valence-electron chi connectivity index (χ0n) is 19.9. The van der Waals surface area contributed by atoms with Crippen molar-refractivity contribution >= 4 is 29.0 Å². The molecule has 1 aliphatic carbocycles. The minimum atomic E-state index is 0.0302. The van der Waals surface area contributed by atoms with Crippen molar-refractivity contribution in [2.24, 2.45) is 5.92 Å². The molecule has 1 saturated heterocycles. The summed E-state index contributed by atoms with van der Waals surface area (Å²) < 4.78 is 8.19. The van der Waals surface area contributed by atoms with E-state index in [9.17, 15) is 4.79 Å². The van der Waals surface area contributed by atoms with Gasteiger partial charge < -0.3 is 14.6 Å². The number of carbonyl (C=O) groups is 1. The second kappa shape index (κ2) is 12.3. The number of nitrogens with one attached hydrogen (secondary N) is 1. The van der Waals surface area contributed by atoms with Gasteiger partial charge in [-0.05, 0) is 30.2 Å². The van der Waals surface area contributed by atoms with Crippen LogP contribution >= 0.6 is 23.1 Å². The number of thioether (sulfide) groups is 1. The Morgan fingerprint density at radius 1 is 1.30 bits per heavy atom. The van der Waals surface area contributed by atoms with Crippen molar-refractivity contribution in [1.82, 2.24) is 25.0 Å². The number of nitrogens with zero attached hydrogens (tertiary/aromatic N) is 4.